The smallest absolute Gasteiger partial charge is 0.0617 e. The minimum Gasteiger partial charge on any atom is -0.379 e. The van der Waals surface area contributed by atoms with Crippen molar-refractivity contribution < 1.29 is 4.74 Å². The van der Waals surface area contributed by atoms with E-state index in [0.717, 1.165) is 12.8 Å². The summed E-state index contributed by atoms with van der Waals surface area (Å²) in [7, 11) is 0. The highest BCUT2D eigenvalue weighted by Gasteiger charge is 1.99. The van der Waals surface area contributed by atoms with Gasteiger partial charge in [0.25, 0.3) is 0 Å². The van der Waals surface area contributed by atoms with Crippen molar-refractivity contribution in [3.8, 4) is 12.3 Å². The topological polar surface area (TPSA) is 35.2 Å². The predicted molar refractivity (Wildman–Crippen MR) is 47.2 cm³/mol. The SMILES string of the molecule is C#CCCOCC(N)CCC. The zero-order chi connectivity index (χ0) is 8.53. The van der Waals surface area contributed by atoms with Crippen LogP contribution in [0, 0.1) is 12.3 Å². The summed E-state index contributed by atoms with van der Waals surface area (Å²) in [4.78, 5) is 0. The van der Waals surface area contributed by atoms with Crippen LogP contribution >= 0.6 is 0 Å². The Kier molecular flexibility index (Phi) is 7.23. The Balaban J connectivity index is 3.05. The highest BCUT2D eigenvalue weighted by Crippen LogP contribution is 1.93. The van der Waals surface area contributed by atoms with Gasteiger partial charge < -0.3 is 10.5 Å². The maximum Gasteiger partial charge on any atom is 0.0617 e. The van der Waals surface area contributed by atoms with Gasteiger partial charge in [-0.05, 0) is 6.42 Å². The van der Waals surface area contributed by atoms with E-state index in [0.29, 0.717) is 19.6 Å². The summed E-state index contributed by atoms with van der Waals surface area (Å²) in [6, 6.07) is 0.178. The van der Waals surface area contributed by atoms with Crippen molar-refractivity contribution in [2.45, 2.75) is 32.2 Å². The van der Waals surface area contributed by atoms with Gasteiger partial charge in [0.1, 0.15) is 0 Å². The van der Waals surface area contributed by atoms with Crippen LogP contribution in [0.15, 0.2) is 0 Å². The van der Waals surface area contributed by atoms with Crippen LogP contribution in [0.1, 0.15) is 26.2 Å². The largest absolute Gasteiger partial charge is 0.379 e. The molecule has 11 heavy (non-hydrogen) atoms. The van der Waals surface area contributed by atoms with E-state index >= 15 is 0 Å². The molecule has 0 aliphatic heterocycles. The summed E-state index contributed by atoms with van der Waals surface area (Å²) >= 11 is 0. The van der Waals surface area contributed by atoms with E-state index in [-0.39, 0.29) is 6.04 Å². The maximum absolute atomic E-state index is 5.69. The second-order valence-corrected chi connectivity index (χ2v) is 2.58. The standard InChI is InChI=1S/C9H17NO/c1-3-5-7-11-8-9(10)6-4-2/h1,9H,4-8,10H2,2H3. The first-order valence-corrected chi connectivity index (χ1v) is 4.08. The highest BCUT2D eigenvalue weighted by atomic mass is 16.5. The van der Waals surface area contributed by atoms with Gasteiger partial charge in [-0.3, -0.25) is 0 Å². The van der Waals surface area contributed by atoms with Crippen LogP contribution in [0.25, 0.3) is 0 Å². The molecule has 64 valence electrons. The number of hydrogen-bond donors (Lipinski definition) is 1. The van der Waals surface area contributed by atoms with Gasteiger partial charge in [0, 0.05) is 12.5 Å². The molecule has 0 aliphatic rings. The summed E-state index contributed by atoms with van der Waals surface area (Å²) in [6.07, 6.45) is 7.86. The van der Waals surface area contributed by atoms with Crippen molar-refractivity contribution in [2.75, 3.05) is 13.2 Å². The van der Waals surface area contributed by atoms with Crippen molar-refractivity contribution in [3.63, 3.8) is 0 Å². The average molecular weight is 155 g/mol. The lowest BCUT2D eigenvalue weighted by Gasteiger charge is -2.09. The van der Waals surface area contributed by atoms with Crippen molar-refractivity contribution >= 4 is 0 Å². The Bertz CT molecular complexity index is 117. The number of ether oxygens (including phenoxy) is 1. The van der Waals surface area contributed by atoms with Gasteiger partial charge >= 0.3 is 0 Å². The highest BCUT2D eigenvalue weighted by molar-refractivity contribution is 4.82. The van der Waals surface area contributed by atoms with E-state index in [9.17, 15) is 0 Å². The van der Waals surface area contributed by atoms with Crippen LogP contribution < -0.4 is 5.73 Å². The Morgan fingerprint density at radius 2 is 2.36 bits per heavy atom. The summed E-state index contributed by atoms with van der Waals surface area (Å²) < 4.78 is 5.22. The van der Waals surface area contributed by atoms with Crippen LogP contribution in [0.5, 0.6) is 0 Å². The molecule has 1 atom stereocenters. The lowest BCUT2D eigenvalue weighted by molar-refractivity contribution is 0.124. The molecular weight excluding hydrogens is 138 g/mol. The Morgan fingerprint density at radius 3 is 2.91 bits per heavy atom. The van der Waals surface area contributed by atoms with Crippen molar-refractivity contribution in [1.82, 2.24) is 0 Å². The number of rotatable bonds is 6. The van der Waals surface area contributed by atoms with E-state index in [4.69, 9.17) is 16.9 Å². The fourth-order valence-corrected chi connectivity index (χ4v) is 0.820. The Hall–Kier alpha value is -0.520. The van der Waals surface area contributed by atoms with Gasteiger partial charge in [-0.1, -0.05) is 13.3 Å². The summed E-state index contributed by atoms with van der Waals surface area (Å²) in [5.74, 6) is 2.51. The van der Waals surface area contributed by atoms with Crippen LogP contribution in [-0.2, 0) is 4.74 Å². The molecule has 0 aromatic heterocycles. The molecule has 0 heterocycles. The zero-order valence-corrected chi connectivity index (χ0v) is 7.18. The molecule has 0 saturated heterocycles. The first-order chi connectivity index (χ1) is 5.31. The van der Waals surface area contributed by atoms with Crippen molar-refractivity contribution in [2.24, 2.45) is 5.73 Å². The number of hydrogen-bond acceptors (Lipinski definition) is 2. The second-order valence-electron chi connectivity index (χ2n) is 2.58. The quantitative estimate of drug-likeness (QED) is 0.461. The monoisotopic (exact) mass is 155 g/mol. The molecule has 0 amide bonds. The normalized spacial score (nSPS) is 12.5. The third kappa shape index (κ3) is 7.38. The Morgan fingerprint density at radius 1 is 1.64 bits per heavy atom. The summed E-state index contributed by atoms with van der Waals surface area (Å²) in [6.45, 7) is 3.38. The first kappa shape index (κ1) is 10.5. The minimum absolute atomic E-state index is 0.178. The number of nitrogens with two attached hydrogens (primary N) is 1. The van der Waals surface area contributed by atoms with E-state index in [1.165, 1.54) is 0 Å². The molecule has 0 rings (SSSR count). The lowest BCUT2D eigenvalue weighted by atomic mass is 10.2. The van der Waals surface area contributed by atoms with Crippen LogP contribution in [0.4, 0.5) is 0 Å². The molecule has 0 fully saturated rings. The fourth-order valence-electron chi connectivity index (χ4n) is 0.820. The van der Waals surface area contributed by atoms with Gasteiger partial charge in [-0.15, -0.1) is 12.3 Å². The van der Waals surface area contributed by atoms with Gasteiger partial charge in [-0.2, -0.15) is 0 Å². The second kappa shape index (κ2) is 7.59. The Labute approximate surface area is 69.1 Å². The molecule has 0 aromatic rings. The van der Waals surface area contributed by atoms with Gasteiger partial charge in [0.15, 0.2) is 0 Å². The summed E-state index contributed by atoms with van der Waals surface area (Å²) in [5, 5.41) is 0. The van der Waals surface area contributed by atoms with Crippen LogP contribution in [0.3, 0.4) is 0 Å². The molecular formula is C9H17NO. The zero-order valence-electron chi connectivity index (χ0n) is 7.18. The van der Waals surface area contributed by atoms with Crippen molar-refractivity contribution in [1.29, 1.82) is 0 Å². The predicted octanol–water partition coefficient (Wildman–Crippen LogP) is 1.15. The molecule has 0 aliphatic carbocycles. The van der Waals surface area contributed by atoms with E-state index < -0.39 is 0 Å². The molecule has 0 aromatic carbocycles. The third-order valence-electron chi connectivity index (χ3n) is 1.38. The molecule has 2 heteroatoms. The maximum atomic E-state index is 5.69. The fraction of sp³-hybridized carbons (Fsp3) is 0.778. The lowest BCUT2D eigenvalue weighted by Crippen LogP contribution is -2.25. The van der Waals surface area contributed by atoms with Crippen molar-refractivity contribution in [3.05, 3.63) is 0 Å². The molecule has 1 unspecified atom stereocenters. The van der Waals surface area contributed by atoms with Gasteiger partial charge in [0.2, 0.25) is 0 Å². The molecule has 0 spiro atoms. The van der Waals surface area contributed by atoms with E-state index in [1.54, 1.807) is 0 Å². The molecule has 2 nitrogen and oxygen atoms in total. The van der Waals surface area contributed by atoms with E-state index in [1.807, 2.05) is 0 Å². The van der Waals surface area contributed by atoms with E-state index in [2.05, 4.69) is 12.8 Å². The molecule has 2 N–H and O–H groups in total. The molecule has 0 bridgehead atoms. The molecule has 0 saturated carbocycles. The van der Waals surface area contributed by atoms with Gasteiger partial charge in [0.05, 0.1) is 13.2 Å². The van der Waals surface area contributed by atoms with Crippen LogP contribution in [-0.4, -0.2) is 19.3 Å². The minimum atomic E-state index is 0.178. The first-order valence-electron chi connectivity index (χ1n) is 4.08. The summed E-state index contributed by atoms with van der Waals surface area (Å²) in [5.41, 5.74) is 5.69. The third-order valence-corrected chi connectivity index (χ3v) is 1.38. The average Bonchev–Trinajstić information content (AvgIpc) is 1.99. The number of terminal acetylenes is 1. The molecule has 0 radical (unpaired) electrons. The van der Waals surface area contributed by atoms with Gasteiger partial charge in [-0.25, -0.2) is 0 Å². The van der Waals surface area contributed by atoms with Crippen LogP contribution in [0.2, 0.25) is 0 Å².